The molecule has 0 radical (unpaired) electrons. The lowest BCUT2D eigenvalue weighted by Crippen LogP contribution is -2.62. The molecule has 2 heterocycles. The van der Waals surface area contributed by atoms with Crippen molar-refractivity contribution in [2.24, 2.45) is 35.0 Å². The number of aliphatic hydroxyl groups is 2. The Labute approximate surface area is 288 Å². The molecule has 0 spiro atoms. The lowest BCUT2D eigenvalue weighted by molar-refractivity contribution is -0.183. The Morgan fingerprint density at radius 2 is 1.91 bits per heavy atom. The second-order valence-corrected chi connectivity index (χ2v) is 17.5. The minimum Gasteiger partial charge on any atom is -0.394 e. The van der Waals surface area contributed by atoms with Crippen LogP contribution >= 0.6 is 11.8 Å². The summed E-state index contributed by atoms with van der Waals surface area (Å²) in [5, 5.41) is 26.2. The number of hydroxylamine groups is 2. The summed E-state index contributed by atoms with van der Waals surface area (Å²) in [6.45, 7) is 16.3. The molecule has 3 saturated carbocycles. The number of carbonyl (C=O) groups excluding carboxylic acids is 1. The van der Waals surface area contributed by atoms with Crippen LogP contribution in [0.15, 0.2) is 35.2 Å². The lowest BCUT2D eigenvalue weighted by atomic mass is 9.45. The number of nitrogens with one attached hydrogen (secondary N) is 1. The van der Waals surface area contributed by atoms with E-state index in [0.717, 1.165) is 44.5 Å². The minimum absolute atomic E-state index is 0.104. The molecule has 6 rings (SSSR count). The summed E-state index contributed by atoms with van der Waals surface area (Å²) >= 11 is 1.99. The Hall–Kier alpha value is -1.46. The summed E-state index contributed by atoms with van der Waals surface area (Å²) in [7, 11) is 4.33. The zero-order valence-electron chi connectivity index (χ0n) is 30.2. The van der Waals surface area contributed by atoms with Crippen molar-refractivity contribution in [2.45, 2.75) is 111 Å². The molecule has 4 fully saturated rings. The summed E-state index contributed by atoms with van der Waals surface area (Å²) in [5.74, 6) is 2.79. The van der Waals surface area contributed by atoms with Gasteiger partial charge in [-0.3, -0.25) is 14.5 Å². The zero-order valence-corrected chi connectivity index (χ0v) is 31.0. The molecule has 8 nitrogen and oxygen atoms in total. The minimum atomic E-state index is -0.804. The SMILES string of the molecule is CC(C)C[C@@H](CN(C)C)N(CC1=CCCS1)Cc1cccc(CN2O[C@@H](CO)[C@@H]([C@H](C)O)[C@H]2C(=O)N[C@H]2C[C@H]3C[C@@H]([C@@H]2C)C3(C)C)c1. The summed E-state index contributed by atoms with van der Waals surface area (Å²) in [4.78, 5) is 26.8. The molecule has 47 heavy (non-hydrogen) atoms. The number of likely N-dealkylation sites (N-methyl/N-ethyl adjacent to an activating group) is 1. The second kappa shape index (κ2) is 15.6. The average Bonchev–Trinajstić information content (AvgIpc) is 3.64. The smallest absolute Gasteiger partial charge is 0.240 e. The highest BCUT2D eigenvalue weighted by Crippen LogP contribution is 2.61. The summed E-state index contributed by atoms with van der Waals surface area (Å²) < 4.78 is 0. The number of hydrogen-bond donors (Lipinski definition) is 3. The van der Waals surface area contributed by atoms with Crippen LogP contribution in [0.4, 0.5) is 0 Å². The standard InChI is InChI=1S/C38H62N4O4S/c1-24(2)15-30(21-40(7)8)41(22-31-13-10-14-47-31)19-27-11-9-12-28(16-27)20-42-36(35(26(4)44)34(23-43)46-42)37(45)39-33-18-29-17-32(25(33)3)38(29,5)6/h9,11-13,16,24-26,29-30,32-36,43-44H,10,14-15,17-23H2,1-8H3,(H,39,45)/t25-,26-,29+,30-,32-,33-,34-,35+,36-/m0/s1. The monoisotopic (exact) mass is 670 g/mol. The number of amides is 1. The van der Waals surface area contributed by atoms with Crippen LogP contribution in [0.5, 0.6) is 0 Å². The first-order valence-corrected chi connectivity index (χ1v) is 19.1. The quantitative estimate of drug-likeness (QED) is 0.237. The molecule has 2 aliphatic heterocycles. The van der Waals surface area contributed by atoms with E-state index in [1.165, 1.54) is 22.6 Å². The van der Waals surface area contributed by atoms with Crippen LogP contribution in [0, 0.1) is 35.0 Å². The molecule has 1 amide bonds. The van der Waals surface area contributed by atoms with Gasteiger partial charge in [0.1, 0.15) is 12.1 Å². The molecule has 0 aromatic heterocycles. The lowest BCUT2D eigenvalue weighted by Gasteiger charge is -2.62. The fourth-order valence-electron chi connectivity index (χ4n) is 9.12. The Kier molecular flexibility index (Phi) is 12.2. The van der Waals surface area contributed by atoms with Crippen molar-refractivity contribution < 1.29 is 19.8 Å². The third-order valence-electron chi connectivity index (χ3n) is 11.7. The number of thioether (sulfide) groups is 1. The van der Waals surface area contributed by atoms with Crippen molar-refractivity contribution >= 4 is 17.7 Å². The van der Waals surface area contributed by atoms with Crippen molar-refractivity contribution in [1.29, 1.82) is 0 Å². The number of hydrogen-bond acceptors (Lipinski definition) is 8. The summed E-state index contributed by atoms with van der Waals surface area (Å²) in [6.07, 6.45) is 5.49. The molecule has 1 aromatic rings. The maximum atomic E-state index is 14.1. The van der Waals surface area contributed by atoms with Gasteiger partial charge in [0.15, 0.2) is 0 Å². The average molecular weight is 671 g/mol. The Morgan fingerprint density at radius 3 is 2.51 bits per heavy atom. The highest BCUT2D eigenvalue weighted by atomic mass is 32.2. The Morgan fingerprint density at radius 1 is 1.17 bits per heavy atom. The molecule has 2 bridgehead atoms. The van der Waals surface area contributed by atoms with Crippen molar-refractivity contribution in [3.8, 4) is 0 Å². The third kappa shape index (κ3) is 8.47. The molecule has 264 valence electrons. The van der Waals surface area contributed by atoms with E-state index in [9.17, 15) is 15.0 Å². The molecular weight excluding hydrogens is 609 g/mol. The van der Waals surface area contributed by atoms with Crippen LogP contribution in [-0.2, 0) is 22.7 Å². The van der Waals surface area contributed by atoms with Crippen LogP contribution in [0.3, 0.4) is 0 Å². The highest BCUT2D eigenvalue weighted by molar-refractivity contribution is 8.03. The van der Waals surface area contributed by atoms with Crippen LogP contribution in [0.1, 0.15) is 78.4 Å². The number of fused-ring (bicyclic) bond motifs is 2. The number of aliphatic hydroxyl groups excluding tert-OH is 2. The first-order chi connectivity index (χ1) is 22.3. The van der Waals surface area contributed by atoms with Gasteiger partial charge in [-0.15, -0.1) is 11.8 Å². The maximum Gasteiger partial charge on any atom is 0.240 e. The molecule has 1 saturated heterocycles. The van der Waals surface area contributed by atoms with Gasteiger partial charge < -0.3 is 20.4 Å². The van der Waals surface area contributed by atoms with Gasteiger partial charge in [-0.1, -0.05) is 65.0 Å². The van der Waals surface area contributed by atoms with E-state index in [1.54, 1.807) is 12.0 Å². The Bertz CT molecular complexity index is 1230. The number of carbonyl (C=O) groups is 1. The zero-order chi connectivity index (χ0) is 34.0. The molecular formula is C38H62N4O4S. The van der Waals surface area contributed by atoms with Crippen LogP contribution < -0.4 is 5.32 Å². The molecule has 3 N–H and O–H groups in total. The Balaban J connectivity index is 1.34. The first-order valence-electron chi connectivity index (χ1n) is 18.1. The van der Waals surface area contributed by atoms with Gasteiger partial charge in [-0.2, -0.15) is 5.06 Å². The summed E-state index contributed by atoms with van der Waals surface area (Å²) in [5.41, 5.74) is 2.63. The third-order valence-corrected chi connectivity index (χ3v) is 12.9. The largest absolute Gasteiger partial charge is 0.394 e. The normalized spacial score (nSPS) is 31.7. The van der Waals surface area contributed by atoms with Gasteiger partial charge in [0.05, 0.1) is 19.3 Å². The predicted octanol–water partition coefficient (Wildman–Crippen LogP) is 5.15. The van der Waals surface area contributed by atoms with E-state index in [4.69, 9.17) is 4.84 Å². The van der Waals surface area contributed by atoms with E-state index in [0.29, 0.717) is 41.7 Å². The number of nitrogens with zero attached hydrogens (tertiary/aromatic N) is 3. The van der Waals surface area contributed by atoms with Crippen molar-refractivity contribution in [3.63, 3.8) is 0 Å². The van der Waals surface area contributed by atoms with E-state index in [2.05, 4.69) is 94.2 Å². The van der Waals surface area contributed by atoms with Gasteiger partial charge in [0, 0.05) is 43.4 Å². The van der Waals surface area contributed by atoms with Crippen LogP contribution in [0.25, 0.3) is 0 Å². The summed E-state index contributed by atoms with van der Waals surface area (Å²) in [6, 6.07) is 8.51. The fourth-order valence-corrected chi connectivity index (χ4v) is 10.1. The highest BCUT2D eigenvalue weighted by Gasteiger charge is 2.57. The van der Waals surface area contributed by atoms with Crippen LogP contribution in [0.2, 0.25) is 0 Å². The molecule has 3 aliphatic carbocycles. The van der Waals surface area contributed by atoms with E-state index >= 15 is 0 Å². The van der Waals surface area contributed by atoms with Gasteiger partial charge >= 0.3 is 0 Å². The van der Waals surface area contributed by atoms with Crippen molar-refractivity contribution in [2.75, 3.05) is 39.5 Å². The first kappa shape index (κ1) is 36.8. The molecule has 9 atom stereocenters. The van der Waals surface area contributed by atoms with Gasteiger partial charge in [0.2, 0.25) is 5.91 Å². The molecule has 0 unspecified atom stereocenters. The van der Waals surface area contributed by atoms with E-state index in [1.807, 2.05) is 11.8 Å². The number of rotatable bonds is 15. The van der Waals surface area contributed by atoms with Gasteiger partial charge in [0.25, 0.3) is 0 Å². The van der Waals surface area contributed by atoms with Crippen molar-refractivity contribution in [3.05, 3.63) is 46.4 Å². The second-order valence-electron chi connectivity index (χ2n) is 16.3. The predicted molar refractivity (Wildman–Crippen MR) is 191 cm³/mol. The van der Waals surface area contributed by atoms with E-state index < -0.39 is 24.2 Å². The maximum absolute atomic E-state index is 14.1. The topological polar surface area (TPSA) is 88.5 Å². The fraction of sp³-hybridized carbons (Fsp3) is 0.763. The van der Waals surface area contributed by atoms with Crippen molar-refractivity contribution in [1.82, 2.24) is 20.2 Å². The van der Waals surface area contributed by atoms with Gasteiger partial charge in [-0.05, 0) is 91.8 Å². The molecule has 1 aromatic carbocycles. The number of allylic oxidation sites excluding steroid dienone is 1. The van der Waals surface area contributed by atoms with Gasteiger partial charge in [-0.25, -0.2) is 0 Å². The van der Waals surface area contributed by atoms with E-state index in [-0.39, 0.29) is 18.6 Å². The molecule has 5 aliphatic rings. The molecule has 9 heteroatoms. The van der Waals surface area contributed by atoms with Crippen LogP contribution in [-0.4, -0.2) is 101 Å². The number of benzene rings is 1.